The van der Waals surface area contributed by atoms with Gasteiger partial charge in [-0.05, 0) is 79.6 Å². The number of fused-ring (bicyclic) bond motifs is 1. The van der Waals surface area contributed by atoms with Crippen molar-refractivity contribution in [3.05, 3.63) is 35.5 Å². The van der Waals surface area contributed by atoms with E-state index in [1.165, 1.54) is 31.3 Å². The maximum absolute atomic E-state index is 12.6. The predicted molar refractivity (Wildman–Crippen MR) is 124 cm³/mol. The molecule has 32 heavy (non-hydrogen) atoms. The number of nitrogens with zero attached hydrogens (tertiary/aromatic N) is 1. The summed E-state index contributed by atoms with van der Waals surface area (Å²) >= 11 is 0. The Bertz CT molecular complexity index is 741. The molecule has 5 heteroatoms. The topological polar surface area (TPSA) is 43.7 Å². The van der Waals surface area contributed by atoms with Crippen LogP contribution in [0.1, 0.15) is 65.2 Å². The van der Waals surface area contributed by atoms with E-state index in [0.717, 1.165) is 31.6 Å². The summed E-state index contributed by atoms with van der Waals surface area (Å²) in [6.45, 7) is 11.4. The zero-order valence-corrected chi connectivity index (χ0v) is 19.8. The van der Waals surface area contributed by atoms with Gasteiger partial charge in [-0.3, -0.25) is 0 Å². The molecular weight excluding hydrogens is 408 g/mol. The van der Waals surface area contributed by atoms with Gasteiger partial charge in [-0.2, -0.15) is 0 Å². The molecule has 6 atom stereocenters. The molecule has 3 saturated carbocycles. The number of hydrogen-bond donors (Lipinski definition) is 2. The number of alkyl halides is 2. The van der Waals surface area contributed by atoms with Gasteiger partial charge in [0.25, 0.3) is 0 Å². The Morgan fingerprint density at radius 1 is 1.16 bits per heavy atom. The van der Waals surface area contributed by atoms with Crippen LogP contribution in [0.3, 0.4) is 0 Å². The first-order valence-electron chi connectivity index (χ1n) is 12.6. The fraction of sp³-hybridized carbons (Fsp3) is 0.778. The van der Waals surface area contributed by atoms with Crippen LogP contribution in [0.15, 0.2) is 35.5 Å². The summed E-state index contributed by atoms with van der Waals surface area (Å²) in [5.74, 6) is 2.06. The zero-order valence-electron chi connectivity index (χ0n) is 19.8. The van der Waals surface area contributed by atoms with Gasteiger partial charge in [-0.25, -0.2) is 8.78 Å². The molecule has 2 N–H and O–H groups in total. The number of halogens is 2. The smallest absolute Gasteiger partial charge is 0.239 e. The molecule has 4 aliphatic rings. The first kappa shape index (κ1) is 24.1. The molecule has 1 unspecified atom stereocenters. The van der Waals surface area contributed by atoms with Crippen molar-refractivity contribution in [1.82, 2.24) is 4.90 Å². The molecule has 0 aromatic carbocycles. The molecule has 1 aliphatic heterocycles. The Hall–Kier alpha value is -1.04. The van der Waals surface area contributed by atoms with Gasteiger partial charge in [0.15, 0.2) is 0 Å². The molecule has 4 fully saturated rings. The Morgan fingerprint density at radius 2 is 1.84 bits per heavy atom. The Labute approximate surface area is 192 Å². The number of likely N-dealkylation sites (tertiary alicyclic amines) is 1. The van der Waals surface area contributed by atoms with Crippen molar-refractivity contribution in [3.63, 3.8) is 0 Å². The van der Waals surface area contributed by atoms with Gasteiger partial charge in [0.05, 0.1) is 12.2 Å². The van der Waals surface area contributed by atoms with Gasteiger partial charge in [-0.15, -0.1) is 0 Å². The van der Waals surface area contributed by atoms with Crippen molar-refractivity contribution < 1.29 is 19.0 Å². The normalized spacial score (nSPS) is 38.8. The Kier molecular flexibility index (Phi) is 7.29. The second-order valence-corrected chi connectivity index (χ2v) is 11.4. The van der Waals surface area contributed by atoms with Crippen LogP contribution in [0.5, 0.6) is 0 Å². The van der Waals surface area contributed by atoms with E-state index in [9.17, 15) is 19.0 Å². The lowest BCUT2D eigenvalue weighted by Crippen LogP contribution is -2.50. The highest BCUT2D eigenvalue weighted by atomic mass is 19.3. The lowest BCUT2D eigenvalue weighted by molar-refractivity contribution is 0.00986. The molecule has 0 amide bonds. The van der Waals surface area contributed by atoms with Gasteiger partial charge in [0.2, 0.25) is 6.43 Å². The molecule has 4 rings (SSSR count). The van der Waals surface area contributed by atoms with Crippen LogP contribution >= 0.6 is 0 Å². The fourth-order valence-corrected chi connectivity index (χ4v) is 7.40. The molecule has 3 nitrogen and oxygen atoms in total. The minimum atomic E-state index is -2.17. The largest absolute Gasteiger partial charge is 0.388 e. The van der Waals surface area contributed by atoms with Crippen molar-refractivity contribution in [2.75, 3.05) is 19.6 Å². The summed E-state index contributed by atoms with van der Waals surface area (Å²) in [5, 5.41) is 20.3. The van der Waals surface area contributed by atoms with Crippen LogP contribution in [-0.4, -0.2) is 53.4 Å². The molecule has 0 bridgehead atoms. The number of aliphatic hydroxyl groups excluding tert-OH is 2. The van der Waals surface area contributed by atoms with Crippen molar-refractivity contribution >= 4 is 0 Å². The zero-order chi connectivity index (χ0) is 23.0. The number of allylic oxidation sites excluding steroid dienone is 3. The van der Waals surface area contributed by atoms with E-state index in [-0.39, 0.29) is 12.3 Å². The SMILES string of the molecule is C=C1[C@H](O)CC(=C/C=C2\CCC[C@]3(C)[C@@H](C(C)CN4CC(CC(F)F)C4)CC[C@@H]23)C[C@H]1O. The summed E-state index contributed by atoms with van der Waals surface area (Å²) in [7, 11) is 0. The monoisotopic (exact) mass is 449 g/mol. The number of rotatable bonds is 6. The van der Waals surface area contributed by atoms with Gasteiger partial charge >= 0.3 is 0 Å². The molecule has 1 heterocycles. The highest BCUT2D eigenvalue weighted by molar-refractivity contribution is 5.29. The summed E-state index contributed by atoms with van der Waals surface area (Å²) in [6, 6.07) is 0. The molecule has 0 radical (unpaired) electrons. The first-order valence-corrected chi connectivity index (χ1v) is 12.6. The van der Waals surface area contributed by atoms with Gasteiger partial charge in [-0.1, -0.05) is 43.7 Å². The van der Waals surface area contributed by atoms with Crippen LogP contribution in [0.25, 0.3) is 0 Å². The quantitative estimate of drug-likeness (QED) is 0.537. The van der Waals surface area contributed by atoms with Gasteiger partial charge < -0.3 is 15.1 Å². The molecule has 0 aromatic rings. The third-order valence-electron chi connectivity index (χ3n) is 9.12. The summed E-state index contributed by atoms with van der Waals surface area (Å²) in [5.41, 5.74) is 3.50. The third-order valence-corrected chi connectivity index (χ3v) is 9.12. The van der Waals surface area contributed by atoms with E-state index in [4.69, 9.17) is 0 Å². The third kappa shape index (κ3) is 4.90. The lowest BCUT2D eigenvalue weighted by Gasteiger charge is -2.47. The van der Waals surface area contributed by atoms with E-state index in [1.807, 2.05) is 0 Å². The average Bonchev–Trinajstić information content (AvgIpc) is 3.06. The van der Waals surface area contributed by atoms with E-state index < -0.39 is 18.6 Å². The van der Waals surface area contributed by atoms with Crippen LogP contribution < -0.4 is 0 Å². The van der Waals surface area contributed by atoms with Crippen LogP contribution in [0, 0.1) is 29.1 Å². The average molecular weight is 450 g/mol. The second kappa shape index (κ2) is 9.68. The number of hydrogen-bond acceptors (Lipinski definition) is 3. The van der Waals surface area contributed by atoms with E-state index >= 15 is 0 Å². The molecule has 180 valence electrons. The van der Waals surface area contributed by atoms with E-state index in [2.05, 4.69) is 37.5 Å². The van der Waals surface area contributed by atoms with Crippen molar-refractivity contribution in [3.8, 4) is 0 Å². The maximum atomic E-state index is 12.6. The minimum Gasteiger partial charge on any atom is -0.388 e. The highest BCUT2D eigenvalue weighted by Crippen LogP contribution is 2.59. The maximum Gasteiger partial charge on any atom is 0.239 e. The predicted octanol–water partition coefficient (Wildman–Crippen LogP) is 5.35. The van der Waals surface area contributed by atoms with Crippen molar-refractivity contribution in [2.24, 2.45) is 29.1 Å². The van der Waals surface area contributed by atoms with Crippen molar-refractivity contribution in [2.45, 2.75) is 83.8 Å². The fourth-order valence-electron chi connectivity index (χ4n) is 7.40. The minimum absolute atomic E-state index is 0.0555. The van der Waals surface area contributed by atoms with Crippen molar-refractivity contribution in [1.29, 1.82) is 0 Å². The molecule has 0 aromatic heterocycles. The molecule has 0 spiro atoms. The Balaban J connectivity index is 1.38. The molecule has 3 aliphatic carbocycles. The van der Waals surface area contributed by atoms with Crippen LogP contribution in [0.2, 0.25) is 0 Å². The van der Waals surface area contributed by atoms with Crippen LogP contribution in [-0.2, 0) is 0 Å². The van der Waals surface area contributed by atoms with Gasteiger partial charge in [0, 0.05) is 26.1 Å². The summed E-state index contributed by atoms with van der Waals surface area (Å²) < 4.78 is 25.2. The summed E-state index contributed by atoms with van der Waals surface area (Å²) in [6.07, 6.45) is 8.31. The standard InChI is InChI=1S/C27H41F2NO2/c1-17(14-30-15-20(16-30)13-26(28)29)22-8-9-23-21(5-4-10-27(22,23)3)7-6-19-11-24(31)18(2)25(32)12-19/h6-7,17,20,22-26,31-32H,2,4-5,8-16H2,1,3H3/b21-7+/t17?,22-,23+,24-,25-,27-/m1/s1. The lowest BCUT2D eigenvalue weighted by atomic mass is 9.61. The number of aliphatic hydroxyl groups is 2. The Morgan fingerprint density at radius 3 is 2.50 bits per heavy atom. The van der Waals surface area contributed by atoms with Crippen LogP contribution in [0.4, 0.5) is 8.78 Å². The molecule has 1 saturated heterocycles. The first-order chi connectivity index (χ1) is 15.2. The van der Waals surface area contributed by atoms with E-state index in [1.54, 1.807) is 0 Å². The van der Waals surface area contributed by atoms with Gasteiger partial charge in [0.1, 0.15) is 0 Å². The van der Waals surface area contributed by atoms with E-state index in [0.29, 0.717) is 41.6 Å². The summed E-state index contributed by atoms with van der Waals surface area (Å²) in [4.78, 5) is 2.38. The second-order valence-electron chi connectivity index (χ2n) is 11.4. The highest BCUT2D eigenvalue weighted by Gasteiger charge is 2.51. The molecular formula is C27H41F2NO2.